The fourth-order valence-electron chi connectivity index (χ4n) is 3.04. The summed E-state index contributed by atoms with van der Waals surface area (Å²) in [5, 5.41) is 0.649. The minimum Gasteiger partial charge on any atom is -0.302 e. The average molecular weight is 468 g/mol. The van der Waals surface area contributed by atoms with Crippen molar-refractivity contribution >= 4 is 54.8 Å². The van der Waals surface area contributed by atoms with Crippen LogP contribution < -0.4 is 4.90 Å². The van der Waals surface area contributed by atoms with Gasteiger partial charge in [0.15, 0.2) is 15.0 Å². The number of benzene rings is 2. The van der Waals surface area contributed by atoms with E-state index in [1.54, 1.807) is 17.0 Å². The van der Waals surface area contributed by atoms with E-state index in [4.69, 9.17) is 0 Å². The number of carbonyl (C=O) groups excluding carboxylic acids is 1. The van der Waals surface area contributed by atoms with E-state index in [2.05, 4.69) is 23.7 Å². The highest BCUT2D eigenvalue weighted by Crippen LogP contribution is 2.29. The molecule has 0 radical (unpaired) electrons. The number of carbonyl (C=O) groups is 1. The SMILES string of the molecule is CCN(CC)CCN(C(=O)c1ccc(S(C)(=O)=O)cc1)c1nc2ccccc2s1.Cl. The Balaban J connectivity index is 0.00000320. The summed E-state index contributed by atoms with van der Waals surface area (Å²) < 4.78 is 24.4. The Morgan fingerprint density at radius 3 is 2.20 bits per heavy atom. The van der Waals surface area contributed by atoms with Crippen molar-refractivity contribution in [1.29, 1.82) is 0 Å². The van der Waals surface area contributed by atoms with Crippen LogP contribution in [0, 0.1) is 0 Å². The molecule has 2 aromatic carbocycles. The van der Waals surface area contributed by atoms with Gasteiger partial charge in [0.1, 0.15) is 0 Å². The molecule has 1 amide bonds. The summed E-state index contributed by atoms with van der Waals surface area (Å²) in [6.45, 7) is 7.24. The van der Waals surface area contributed by atoms with Crippen molar-refractivity contribution in [3.63, 3.8) is 0 Å². The number of amides is 1. The Bertz CT molecular complexity index is 1060. The molecule has 0 aliphatic heterocycles. The number of fused-ring (bicyclic) bond motifs is 1. The maximum atomic E-state index is 13.3. The van der Waals surface area contributed by atoms with Crippen molar-refractivity contribution in [2.45, 2.75) is 18.7 Å². The molecule has 0 N–H and O–H groups in total. The van der Waals surface area contributed by atoms with Crippen LogP contribution in [-0.2, 0) is 9.84 Å². The minimum absolute atomic E-state index is 0. The highest BCUT2D eigenvalue weighted by atomic mass is 35.5. The molecule has 9 heteroatoms. The molecule has 0 fully saturated rings. The van der Waals surface area contributed by atoms with Gasteiger partial charge in [-0.3, -0.25) is 9.69 Å². The lowest BCUT2D eigenvalue weighted by molar-refractivity contribution is 0.0983. The molecule has 0 saturated carbocycles. The lowest BCUT2D eigenvalue weighted by Gasteiger charge is -2.24. The standard InChI is InChI=1S/C21H25N3O3S2.ClH/c1-4-23(5-2)14-15-24(21-22-18-8-6-7-9-19(18)28-21)20(25)16-10-12-17(13-11-16)29(3,26)27;/h6-13H,4-5,14-15H2,1-3H3;1H. The van der Waals surface area contributed by atoms with Crippen LogP contribution in [0.3, 0.4) is 0 Å². The van der Waals surface area contributed by atoms with Crippen LogP contribution in [0.1, 0.15) is 24.2 Å². The van der Waals surface area contributed by atoms with Gasteiger partial charge in [-0.2, -0.15) is 0 Å². The van der Waals surface area contributed by atoms with E-state index in [0.29, 0.717) is 17.2 Å². The first-order valence-electron chi connectivity index (χ1n) is 9.53. The third kappa shape index (κ3) is 5.57. The van der Waals surface area contributed by atoms with E-state index in [0.717, 1.165) is 36.1 Å². The molecule has 0 saturated heterocycles. The molecule has 3 aromatic rings. The molecule has 162 valence electrons. The second-order valence-electron chi connectivity index (χ2n) is 6.74. The number of likely N-dealkylation sites (N-methyl/N-ethyl adjacent to an activating group) is 1. The van der Waals surface area contributed by atoms with Crippen molar-refractivity contribution in [2.24, 2.45) is 0 Å². The van der Waals surface area contributed by atoms with Crippen molar-refractivity contribution < 1.29 is 13.2 Å². The molecule has 0 atom stereocenters. The van der Waals surface area contributed by atoms with Crippen molar-refractivity contribution in [3.8, 4) is 0 Å². The number of hydrogen-bond acceptors (Lipinski definition) is 6. The predicted molar refractivity (Wildman–Crippen MR) is 126 cm³/mol. The molecule has 0 bridgehead atoms. The summed E-state index contributed by atoms with van der Waals surface area (Å²) in [4.78, 5) is 22.1. The van der Waals surface area contributed by atoms with E-state index >= 15 is 0 Å². The Morgan fingerprint density at radius 2 is 1.63 bits per heavy atom. The van der Waals surface area contributed by atoms with Gasteiger partial charge in [-0.1, -0.05) is 37.3 Å². The van der Waals surface area contributed by atoms with Crippen molar-refractivity contribution in [2.75, 3.05) is 37.3 Å². The topological polar surface area (TPSA) is 70.6 Å². The minimum atomic E-state index is -3.31. The maximum Gasteiger partial charge on any atom is 0.260 e. The lowest BCUT2D eigenvalue weighted by atomic mass is 10.2. The van der Waals surface area contributed by atoms with Gasteiger partial charge in [-0.05, 0) is 49.5 Å². The zero-order chi connectivity index (χ0) is 21.0. The Hall–Kier alpha value is -2.00. The van der Waals surface area contributed by atoms with E-state index < -0.39 is 9.84 Å². The Kier molecular flexibility index (Phi) is 8.37. The molecular formula is C21H26ClN3O3S2. The lowest BCUT2D eigenvalue weighted by Crippen LogP contribution is -2.38. The number of aromatic nitrogens is 1. The number of para-hydroxylation sites is 1. The number of nitrogens with zero attached hydrogens (tertiary/aromatic N) is 3. The smallest absolute Gasteiger partial charge is 0.260 e. The molecular weight excluding hydrogens is 442 g/mol. The van der Waals surface area contributed by atoms with E-state index in [1.807, 2.05) is 24.3 Å². The van der Waals surface area contributed by atoms with Crippen LogP contribution in [-0.4, -0.2) is 56.6 Å². The van der Waals surface area contributed by atoms with Gasteiger partial charge in [0, 0.05) is 24.9 Å². The summed E-state index contributed by atoms with van der Waals surface area (Å²) in [5.41, 5.74) is 1.30. The van der Waals surface area contributed by atoms with Gasteiger partial charge in [-0.25, -0.2) is 13.4 Å². The second kappa shape index (κ2) is 10.3. The number of hydrogen-bond donors (Lipinski definition) is 0. The normalized spacial score (nSPS) is 11.5. The number of thiazole rings is 1. The monoisotopic (exact) mass is 467 g/mol. The van der Waals surface area contributed by atoms with Crippen LogP contribution in [0.15, 0.2) is 53.4 Å². The summed E-state index contributed by atoms with van der Waals surface area (Å²) >= 11 is 1.48. The van der Waals surface area contributed by atoms with Crippen LogP contribution in [0.4, 0.5) is 5.13 Å². The molecule has 30 heavy (non-hydrogen) atoms. The van der Waals surface area contributed by atoms with Gasteiger partial charge in [-0.15, -0.1) is 12.4 Å². The molecule has 0 aliphatic rings. The first-order chi connectivity index (χ1) is 13.8. The Labute approximate surface area is 187 Å². The summed E-state index contributed by atoms with van der Waals surface area (Å²) in [6, 6.07) is 13.9. The van der Waals surface area contributed by atoms with E-state index in [-0.39, 0.29) is 23.2 Å². The van der Waals surface area contributed by atoms with Crippen LogP contribution in [0.2, 0.25) is 0 Å². The number of rotatable bonds is 8. The summed E-state index contributed by atoms with van der Waals surface area (Å²) in [7, 11) is -3.31. The maximum absolute atomic E-state index is 13.3. The van der Waals surface area contributed by atoms with E-state index in [1.165, 1.54) is 23.5 Å². The highest BCUT2D eigenvalue weighted by Gasteiger charge is 2.22. The van der Waals surface area contributed by atoms with Crippen LogP contribution in [0.25, 0.3) is 10.2 Å². The third-order valence-electron chi connectivity index (χ3n) is 4.82. The molecule has 0 aliphatic carbocycles. The fourth-order valence-corrected chi connectivity index (χ4v) is 4.66. The Morgan fingerprint density at radius 1 is 1.00 bits per heavy atom. The van der Waals surface area contributed by atoms with Crippen molar-refractivity contribution in [1.82, 2.24) is 9.88 Å². The van der Waals surface area contributed by atoms with Gasteiger partial charge in [0.2, 0.25) is 0 Å². The zero-order valence-electron chi connectivity index (χ0n) is 17.2. The number of sulfone groups is 1. The van der Waals surface area contributed by atoms with Gasteiger partial charge >= 0.3 is 0 Å². The third-order valence-corrected chi connectivity index (χ3v) is 7.01. The molecule has 1 heterocycles. The highest BCUT2D eigenvalue weighted by molar-refractivity contribution is 7.90. The largest absolute Gasteiger partial charge is 0.302 e. The first-order valence-corrected chi connectivity index (χ1v) is 12.2. The second-order valence-corrected chi connectivity index (χ2v) is 9.77. The summed E-state index contributed by atoms with van der Waals surface area (Å²) in [6.07, 6.45) is 1.15. The summed E-state index contributed by atoms with van der Waals surface area (Å²) in [5.74, 6) is -0.184. The fraction of sp³-hybridized carbons (Fsp3) is 0.333. The van der Waals surface area contributed by atoms with Crippen LogP contribution >= 0.6 is 23.7 Å². The number of halogens is 1. The molecule has 1 aromatic heterocycles. The van der Waals surface area contributed by atoms with Gasteiger partial charge in [0.05, 0.1) is 15.1 Å². The predicted octanol–water partition coefficient (Wildman–Crippen LogP) is 4.11. The van der Waals surface area contributed by atoms with Crippen molar-refractivity contribution in [3.05, 3.63) is 54.1 Å². The molecule has 6 nitrogen and oxygen atoms in total. The van der Waals surface area contributed by atoms with Gasteiger partial charge in [0.25, 0.3) is 5.91 Å². The average Bonchev–Trinajstić information content (AvgIpc) is 3.14. The molecule has 0 spiro atoms. The number of anilines is 1. The molecule has 0 unspecified atom stereocenters. The quantitative estimate of drug-likeness (QED) is 0.498. The van der Waals surface area contributed by atoms with Crippen LogP contribution in [0.5, 0.6) is 0 Å². The van der Waals surface area contributed by atoms with E-state index in [9.17, 15) is 13.2 Å². The first kappa shape index (κ1) is 24.3. The zero-order valence-corrected chi connectivity index (χ0v) is 19.7. The van der Waals surface area contributed by atoms with Gasteiger partial charge < -0.3 is 4.90 Å². The molecule has 3 rings (SSSR count).